The number of carbonyl (C=O) groups excluding carboxylic acids is 2. The molecule has 1 unspecified atom stereocenters. The number of rotatable bonds is 4. The summed E-state index contributed by atoms with van der Waals surface area (Å²) >= 11 is 2.67. The molecule has 0 aliphatic carbocycles. The quantitative estimate of drug-likeness (QED) is 0.621. The molecule has 26 heavy (non-hydrogen) atoms. The second kappa shape index (κ2) is 8.24. The van der Waals surface area contributed by atoms with Gasteiger partial charge >= 0.3 is 0 Å². The predicted octanol–water partition coefficient (Wildman–Crippen LogP) is 3.23. The number of amidine groups is 1. The molecule has 1 aliphatic rings. The van der Waals surface area contributed by atoms with Crippen LogP contribution in [0.1, 0.15) is 18.2 Å². The summed E-state index contributed by atoms with van der Waals surface area (Å²) in [6.45, 7) is 1.82. The fourth-order valence-corrected chi connectivity index (χ4v) is 3.75. The highest BCUT2D eigenvalue weighted by atomic mass is 32.2. The third-order valence-corrected chi connectivity index (χ3v) is 5.49. The van der Waals surface area contributed by atoms with Crippen LogP contribution in [0, 0.1) is 5.82 Å². The highest BCUT2D eigenvalue weighted by molar-refractivity contribution is 8.15. The Kier molecular flexibility index (Phi) is 5.79. The Labute approximate surface area is 157 Å². The molecule has 1 fully saturated rings. The summed E-state index contributed by atoms with van der Waals surface area (Å²) in [5.74, 6) is -1.03. The van der Waals surface area contributed by atoms with Gasteiger partial charge in [-0.15, -0.1) is 16.4 Å². The van der Waals surface area contributed by atoms with Crippen molar-refractivity contribution in [3.05, 3.63) is 52.5 Å². The molecule has 0 saturated carbocycles. The zero-order valence-electron chi connectivity index (χ0n) is 13.7. The van der Waals surface area contributed by atoms with Crippen LogP contribution < -0.4 is 10.6 Å². The van der Waals surface area contributed by atoms with Crippen LogP contribution in [0.5, 0.6) is 0 Å². The second-order valence-electron chi connectivity index (χ2n) is 5.42. The number of amides is 2. The van der Waals surface area contributed by atoms with Gasteiger partial charge in [0.05, 0.1) is 10.6 Å². The van der Waals surface area contributed by atoms with Crippen LogP contribution in [0.15, 0.2) is 52.0 Å². The Bertz CT molecular complexity index is 863. The predicted molar refractivity (Wildman–Crippen MR) is 103 cm³/mol. The van der Waals surface area contributed by atoms with Crippen molar-refractivity contribution < 1.29 is 14.0 Å². The van der Waals surface area contributed by atoms with Crippen LogP contribution in [0.2, 0.25) is 0 Å². The van der Waals surface area contributed by atoms with E-state index < -0.39 is 5.25 Å². The van der Waals surface area contributed by atoms with Crippen LogP contribution in [-0.2, 0) is 9.59 Å². The first-order valence-electron chi connectivity index (χ1n) is 7.70. The van der Waals surface area contributed by atoms with E-state index in [4.69, 9.17) is 0 Å². The van der Waals surface area contributed by atoms with Gasteiger partial charge in [0.15, 0.2) is 5.17 Å². The molecule has 0 radical (unpaired) electrons. The van der Waals surface area contributed by atoms with E-state index in [-0.39, 0.29) is 29.2 Å². The Balaban J connectivity index is 1.68. The number of hydrogen-bond acceptors (Lipinski definition) is 6. The van der Waals surface area contributed by atoms with Crippen LogP contribution in [0.3, 0.4) is 0 Å². The van der Waals surface area contributed by atoms with E-state index in [1.54, 1.807) is 11.3 Å². The maximum Gasteiger partial charge on any atom is 0.238 e. The molecule has 1 aromatic heterocycles. The van der Waals surface area contributed by atoms with Crippen molar-refractivity contribution in [3.8, 4) is 0 Å². The van der Waals surface area contributed by atoms with Crippen molar-refractivity contribution in [1.29, 1.82) is 0 Å². The van der Waals surface area contributed by atoms with Gasteiger partial charge in [-0.3, -0.25) is 9.59 Å². The van der Waals surface area contributed by atoms with E-state index in [9.17, 15) is 14.0 Å². The average Bonchev–Trinajstić information content (AvgIpc) is 3.16. The molecule has 1 saturated heterocycles. The van der Waals surface area contributed by atoms with E-state index in [2.05, 4.69) is 20.8 Å². The molecule has 1 aromatic carbocycles. The average molecular weight is 390 g/mol. The molecule has 6 nitrogen and oxygen atoms in total. The standard InChI is InChI=1S/C17H15FN4O2S2/c1-10(13-3-2-8-25-13)21-22-17-20-15(23)9-14(26-17)16(24)19-12-6-4-11(18)5-7-12/h2-8,14H,9H2,1H3,(H,19,24)(H,20,22,23)/b21-10+. The molecule has 3 rings (SSSR count). The normalized spacial score (nSPS) is 19.3. The first-order chi connectivity index (χ1) is 12.5. The number of halogens is 1. The molecule has 9 heteroatoms. The number of thiophene rings is 1. The first kappa shape index (κ1) is 18.3. The van der Waals surface area contributed by atoms with Crippen molar-refractivity contribution in [2.75, 3.05) is 5.32 Å². The van der Waals surface area contributed by atoms with Crippen molar-refractivity contribution in [3.63, 3.8) is 0 Å². The maximum absolute atomic E-state index is 12.9. The molecular formula is C17H15FN4O2S2. The molecular weight excluding hydrogens is 375 g/mol. The van der Waals surface area contributed by atoms with Crippen LogP contribution >= 0.6 is 23.1 Å². The Hall–Kier alpha value is -2.52. The molecule has 1 aliphatic heterocycles. The number of thioether (sulfide) groups is 1. The van der Waals surface area contributed by atoms with Crippen LogP contribution in [0.4, 0.5) is 10.1 Å². The topological polar surface area (TPSA) is 82.9 Å². The molecule has 2 amide bonds. The van der Waals surface area contributed by atoms with E-state index >= 15 is 0 Å². The number of nitrogens with one attached hydrogen (secondary N) is 2. The molecule has 1 atom stereocenters. The summed E-state index contributed by atoms with van der Waals surface area (Å²) in [6.07, 6.45) is 0.0321. The third-order valence-electron chi connectivity index (χ3n) is 3.44. The second-order valence-corrected chi connectivity index (χ2v) is 7.56. The van der Waals surface area contributed by atoms with Gasteiger partial charge in [-0.2, -0.15) is 5.10 Å². The van der Waals surface area contributed by atoms with Gasteiger partial charge in [-0.05, 0) is 42.6 Å². The summed E-state index contributed by atoms with van der Waals surface area (Å²) in [5, 5.41) is 15.0. The first-order valence-corrected chi connectivity index (χ1v) is 9.46. The molecule has 0 bridgehead atoms. The SMILES string of the molecule is C/C(=N\N=C1/NC(=O)CC(C(=O)Nc2ccc(F)cc2)S1)c1cccs1. The largest absolute Gasteiger partial charge is 0.325 e. The van der Waals surface area contributed by atoms with Crippen LogP contribution in [-0.4, -0.2) is 27.9 Å². The highest BCUT2D eigenvalue weighted by Gasteiger charge is 2.30. The van der Waals surface area contributed by atoms with Gasteiger partial charge in [0, 0.05) is 12.1 Å². The number of anilines is 1. The van der Waals surface area contributed by atoms with Crippen molar-refractivity contribution in [1.82, 2.24) is 5.32 Å². The number of nitrogens with zero attached hydrogens (tertiary/aromatic N) is 2. The lowest BCUT2D eigenvalue weighted by atomic mass is 10.2. The lowest BCUT2D eigenvalue weighted by Gasteiger charge is -2.21. The van der Waals surface area contributed by atoms with Gasteiger partial charge in [-0.25, -0.2) is 4.39 Å². The Morgan fingerprint density at radius 1 is 1.31 bits per heavy atom. The maximum atomic E-state index is 12.9. The van der Waals surface area contributed by atoms with Gasteiger partial charge in [0.25, 0.3) is 0 Å². The fraction of sp³-hybridized carbons (Fsp3) is 0.176. The minimum absolute atomic E-state index is 0.0321. The summed E-state index contributed by atoms with van der Waals surface area (Å²) in [5.41, 5.74) is 1.19. The van der Waals surface area contributed by atoms with Crippen molar-refractivity contribution in [2.45, 2.75) is 18.6 Å². The summed E-state index contributed by atoms with van der Waals surface area (Å²) in [7, 11) is 0. The minimum atomic E-state index is -0.634. The molecule has 2 aromatic rings. The fourth-order valence-electron chi connectivity index (χ4n) is 2.15. The molecule has 0 spiro atoms. The summed E-state index contributed by atoms with van der Waals surface area (Å²) in [6, 6.07) is 9.28. The lowest BCUT2D eigenvalue weighted by molar-refractivity contribution is -0.123. The smallest absolute Gasteiger partial charge is 0.238 e. The van der Waals surface area contributed by atoms with Crippen molar-refractivity contribution in [2.24, 2.45) is 10.2 Å². The Morgan fingerprint density at radius 2 is 2.08 bits per heavy atom. The molecule has 2 N–H and O–H groups in total. The molecule has 2 heterocycles. The van der Waals surface area contributed by atoms with Gasteiger partial charge in [-0.1, -0.05) is 17.8 Å². The monoisotopic (exact) mass is 390 g/mol. The van der Waals surface area contributed by atoms with Crippen LogP contribution in [0.25, 0.3) is 0 Å². The van der Waals surface area contributed by atoms with E-state index in [1.165, 1.54) is 24.3 Å². The van der Waals surface area contributed by atoms with Crippen molar-refractivity contribution >= 4 is 51.5 Å². The lowest BCUT2D eigenvalue weighted by Crippen LogP contribution is -2.41. The highest BCUT2D eigenvalue weighted by Crippen LogP contribution is 2.23. The zero-order valence-corrected chi connectivity index (χ0v) is 15.4. The summed E-state index contributed by atoms with van der Waals surface area (Å²) in [4.78, 5) is 25.2. The van der Waals surface area contributed by atoms with Gasteiger partial charge in [0.1, 0.15) is 11.1 Å². The minimum Gasteiger partial charge on any atom is -0.325 e. The van der Waals surface area contributed by atoms with E-state index in [0.717, 1.165) is 22.4 Å². The number of carbonyl (C=O) groups is 2. The van der Waals surface area contributed by atoms with Gasteiger partial charge in [0.2, 0.25) is 11.8 Å². The van der Waals surface area contributed by atoms with Gasteiger partial charge < -0.3 is 10.6 Å². The Morgan fingerprint density at radius 3 is 2.77 bits per heavy atom. The van der Waals surface area contributed by atoms with E-state index in [0.29, 0.717) is 5.69 Å². The third kappa shape index (κ3) is 4.77. The molecule has 134 valence electrons. The summed E-state index contributed by atoms with van der Waals surface area (Å²) < 4.78 is 12.9. The number of benzene rings is 1. The van der Waals surface area contributed by atoms with E-state index in [1.807, 2.05) is 24.4 Å². The number of hydrogen-bond donors (Lipinski definition) is 2. The zero-order chi connectivity index (χ0) is 18.5.